The number of ether oxygens (including phenoxy) is 1. The summed E-state index contributed by atoms with van der Waals surface area (Å²) >= 11 is 0. The van der Waals surface area contributed by atoms with E-state index in [0.29, 0.717) is 5.56 Å². The quantitative estimate of drug-likeness (QED) is 0.734. The first kappa shape index (κ1) is 14.5. The number of hydrogen-bond acceptors (Lipinski definition) is 4. The van der Waals surface area contributed by atoms with Gasteiger partial charge in [-0.2, -0.15) is 0 Å². The van der Waals surface area contributed by atoms with Crippen molar-refractivity contribution in [1.82, 2.24) is 0 Å². The average molecular weight is 322 g/mol. The van der Waals surface area contributed by atoms with Crippen molar-refractivity contribution in [1.29, 1.82) is 0 Å². The van der Waals surface area contributed by atoms with Gasteiger partial charge in [-0.05, 0) is 36.8 Å². The van der Waals surface area contributed by atoms with Gasteiger partial charge in [0.05, 0.1) is 5.92 Å². The number of benzene rings is 2. The van der Waals surface area contributed by atoms with E-state index in [4.69, 9.17) is 9.84 Å². The van der Waals surface area contributed by atoms with E-state index in [-0.39, 0.29) is 21.3 Å². The second kappa shape index (κ2) is 4.81. The maximum atomic E-state index is 13.2. The molecule has 1 N–H and O–H groups in total. The molecule has 5 nitrogen and oxygen atoms in total. The number of aliphatic carboxylic acids is 1. The van der Waals surface area contributed by atoms with Gasteiger partial charge in [0, 0.05) is 6.07 Å². The van der Waals surface area contributed by atoms with E-state index in [1.165, 1.54) is 25.1 Å². The Bertz CT molecular complexity index is 889. The van der Waals surface area contributed by atoms with E-state index in [9.17, 15) is 17.6 Å². The molecule has 0 radical (unpaired) electrons. The SMILES string of the molecule is CC(C(=O)O)c1ccc2c(c1)S(=O)(=O)c1ccc(F)cc1O2. The first-order valence-electron chi connectivity index (χ1n) is 6.40. The molecule has 22 heavy (non-hydrogen) atoms. The van der Waals surface area contributed by atoms with E-state index in [1.807, 2.05) is 0 Å². The van der Waals surface area contributed by atoms with E-state index < -0.39 is 27.5 Å². The predicted molar refractivity (Wildman–Crippen MR) is 74.4 cm³/mol. The van der Waals surface area contributed by atoms with Gasteiger partial charge in [0.15, 0.2) is 0 Å². The molecule has 1 unspecified atom stereocenters. The fourth-order valence-corrected chi connectivity index (χ4v) is 3.77. The Morgan fingerprint density at radius 3 is 2.55 bits per heavy atom. The maximum Gasteiger partial charge on any atom is 0.310 e. The summed E-state index contributed by atoms with van der Waals surface area (Å²) in [5.41, 5.74) is 0.351. The summed E-state index contributed by atoms with van der Waals surface area (Å²) in [6, 6.07) is 7.33. The number of rotatable bonds is 2. The number of carbonyl (C=O) groups is 1. The molecule has 2 aromatic rings. The second-order valence-electron chi connectivity index (χ2n) is 4.96. The lowest BCUT2D eigenvalue weighted by atomic mass is 10.0. The predicted octanol–water partition coefficient (Wildman–Crippen LogP) is 2.95. The van der Waals surface area contributed by atoms with E-state index >= 15 is 0 Å². The molecule has 1 aliphatic heterocycles. The third kappa shape index (κ3) is 2.14. The summed E-state index contributed by atoms with van der Waals surface area (Å²) < 4.78 is 43.9. The number of carboxylic acids is 1. The van der Waals surface area contributed by atoms with Gasteiger partial charge in [0.25, 0.3) is 0 Å². The Hall–Kier alpha value is -2.41. The van der Waals surface area contributed by atoms with Gasteiger partial charge < -0.3 is 9.84 Å². The van der Waals surface area contributed by atoms with Crippen LogP contribution in [0.25, 0.3) is 0 Å². The van der Waals surface area contributed by atoms with Crippen LogP contribution in [0.2, 0.25) is 0 Å². The van der Waals surface area contributed by atoms with Gasteiger partial charge in [0.2, 0.25) is 9.84 Å². The third-order valence-electron chi connectivity index (χ3n) is 3.54. The summed E-state index contributed by atoms with van der Waals surface area (Å²) in [6.07, 6.45) is 0. The van der Waals surface area contributed by atoms with Crippen LogP contribution >= 0.6 is 0 Å². The largest absolute Gasteiger partial charge is 0.481 e. The molecule has 114 valence electrons. The van der Waals surface area contributed by atoms with Gasteiger partial charge in [-0.1, -0.05) is 6.07 Å². The molecule has 0 amide bonds. The molecule has 3 rings (SSSR count). The first-order valence-corrected chi connectivity index (χ1v) is 7.88. The van der Waals surface area contributed by atoms with E-state index in [2.05, 4.69) is 0 Å². The molecule has 7 heteroatoms. The number of carboxylic acid groups (broad SMARTS) is 1. The summed E-state index contributed by atoms with van der Waals surface area (Å²) in [7, 11) is -3.88. The normalized spacial score (nSPS) is 16.1. The van der Waals surface area contributed by atoms with Crippen LogP contribution in [-0.2, 0) is 14.6 Å². The standard InChI is InChI=1S/C15H11FO5S/c1-8(15(17)18)9-2-4-11-14(6-9)22(19,20)13-5-3-10(16)7-12(13)21-11/h2-8H,1H3,(H,17,18). The Morgan fingerprint density at radius 2 is 1.86 bits per heavy atom. The van der Waals surface area contributed by atoms with Crippen LogP contribution in [0.15, 0.2) is 46.2 Å². The van der Waals surface area contributed by atoms with Crippen LogP contribution in [0.4, 0.5) is 4.39 Å². The van der Waals surface area contributed by atoms with Gasteiger partial charge in [-0.25, -0.2) is 12.8 Å². The highest BCUT2D eigenvalue weighted by Crippen LogP contribution is 2.43. The lowest BCUT2D eigenvalue weighted by Crippen LogP contribution is -2.13. The molecule has 1 heterocycles. The van der Waals surface area contributed by atoms with Crippen LogP contribution < -0.4 is 4.74 Å². The summed E-state index contributed by atoms with van der Waals surface area (Å²) in [6.45, 7) is 1.46. The summed E-state index contributed by atoms with van der Waals surface area (Å²) in [5.74, 6) is -2.54. The zero-order valence-corrected chi connectivity index (χ0v) is 12.2. The highest BCUT2D eigenvalue weighted by molar-refractivity contribution is 7.91. The zero-order chi connectivity index (χ0) is 16.1. The minimum atomic E-state index is -3.88. The molecule has 2 aromatic carbocycles. The number of fused-ring (bicyclic) bond motifs is 2. The van der Waals surface area contributed by atoms with Crippen molar-refractivity contribution >= 4 is 15.8 Å². The van der Waals surface area contributed by atoms with Crippen molar-refractivity contribution < 1.29 is 27.4 Å². The average Bonchev–Trinajstić information content (AvgIpc) is 2.45. The lowest BCUT2D eigenvalue weighted by molar-refractivity contribution is -0.138. The van der Waals surface area contributed by atoms with Crippen molar-refractivity contribution in [3.63, 3.8) is 0 Å². The number of hydrogen-bond donors (Lipinski definition) is 1. The van der Waals surface area contributed by atoms with Crippen molar-refractivity contribution in [2.45, 2.75) is 22.6 Å². The molecule has 0 aromatic heterocycles. The van der Waals surface area contributed by atoms with Crippen LogP contribution in [-0.4, -0.2) is 19.5 Å². The summed E-state index contributed by atoms with van der Waals surface area (Å²) in [4.78, 5) is 10.8. The molecule has 1 atom stereocenters. The van der Waals surface area contributed by atoms with Crippen LogP contribution in [0.3, 0.4) is 0 Å². The molecular weight excluding hydrogens is 311 g/mol. The molecule has 0 bridgehead atoms. The summed E-state index contributed by atoms with van der Waals surface area (Å²) in [5, 5.41) is 9.04. The van der Waals surface area contributed by atoms with Crippen molar-refractivity contribution in [3.05, 3.63) is 47.8 Å². The molecule has 1 aliphatic rings. The van der Waals surface area contributed by atoms with Crippen LogP contribution in [0.5, 0.6) is 11.5 Å². The minimum Gasteiger partial charge on any atom is -0.481 e. The fourth-order valence-electron chi connectivity index (χ4n) is 2.25. The monoisotopic (exact) mass is 322 g/mol. The highest BCUT2D eigenvalue weighted by Gasteiger charge is 2.32. The smallest absolute Gasteiger partial charge is 0.310 e. The Balaban J connectivity index is 2.19. The van der Waals surface area contributed by atoms with Gasteiger partial charge >= 0.3 is 5.97 Å². The number of halogens is 1. The van der Waals surface area contributed by atoms with Crippen molar-refractivity contribution in [2.75, 3.05) is 0 Å². The maximum absolute atomic E-state index is 13.2. The molecule has 0 saturated heterocycles. The fraction of sp³-hybridized carbons (Fsp3) is 0.133. The third-order valence-corrected chi connectivity index (χ3v) is 5.36. The Labute approximate surface area is 125 Å². The Morgan fingerprint density at radius 1 is 1.14 bits per heavy atom. The molecule has 0 fully saturated rings. The van der Waals surface area contributed by atoms with Gasteiger partial charge in [-0.15, -0.1) is 0 Å². The Kier molecular flexibility index (Phi) is 3.17. The lowest BCUT2D eigenvalue weighted by Gasteiger charge is -2.21. The molecular formula is C15H11FO5S. The van der Waals surface area contributed by atoms with Crippen molar-refractivity contribution in [2.24, 2.45) is 0 Å². The number of sulfone groups is 1. The zero-order valence-electron chi connectivity index (χ0n) is 11.4. The highest BCUT2D eigenvalue weighted by atomic mass is 32.2. The van der Waals surface area contributed by atoms with Gasteiger partial charge in [-0.3, -0.25) is 4.79 Å². The first-order chi connectivity index (χ1) is 10.3. The van der Waals surface area contributed by atoms with Crippen LogP contribution in [0.1, 0.15) is 18.4 Å². The molecule has 0 aliphatic carbocycles. The van der Waals surface area contributed by atoms with Gasteiger partial charge in [0.1, 0.15) is 27.1 Å². The topological polar surface area (TPSA) is 80.7 Å². The minimum absolute atomic E-state index is 0.0550. The van der Waals surface area contributed by atoms with Crippen molar-refractivity contribution in [3.8, 4) is 11.5 Å². The van der Waals surface area contributed by atoms with E-state index in [1.54, 1.807) is 0 Å². The van der Waals surface area contributed by atoms with Crippen LogP contribution in [0, 0.1) is 5.82 Å². The molecule has 0 saturated carbocycles. The second-order valence-corrected chi connectivity index (χ2v) is 6.85. The molecule has 0 spiro atoms. The van der Waals surface area contributed by atoms with E-state index in [0.717, 1.165) is 18.2 Å².